The Labute approximate surface area is 98.2 Å². The van der Waals surface area contributed by atoms with Crippen LogP contribution in [0.15, 0.2) is 18.2 Å². The highest BCUT2D eigenvalue weighted by Gasteiger charge is 2.09. The van der Waals surface area contributed by atoms with Crippen molar-refractivity contribution >= 4 is 11.4 Å². The molecule has 0 fully saturated rings. The van der Waals surface area contributed by atoms with Crippen molar-refractivity contribution in [2.75, 3.05) is 24.7 Å². The largest absolute Gasteiger partial charge is 0.488 e. The fourth-order valence-corrected chi connectivity index (χ4v) is 1.54. The van der Waals surface area contributed by atoms with Crippen molar-refractivity contribution in [1.82, 2.24) is 0 Å². The smallest absolute Gasteiger partial charge is 0.144 e. The highest BCUT2D eigenvalue weighted by molar-refractivity contribution is 5.61. The number of nitrogen functional groups attached to an aromatic ring is 1. The van der Waals surface area contributed by atoms with Crippen molar-refractivity contribution in [3.63, 3.8) is 0 Å². The average Bonchev–Trinajstić information content (AvgIpc) is 2.27. The first-order valence-electron chi connectivity index (χ1n) is 5.82. The monoisotopic (exact) mass is 222 g/mol. The summed E-state index contributed by atoms with van der Waals surface area (Å²) in [5.41, 5.74) is 7.72. The summed E-state index contributed by atoms with van der Waals surface area (Å²) in [5.74, 6) is 0.792. The van der Waals surface area contributed by atoms with E-state index in [0.717, 1.165) is 24.3 Å². The summed E-state index contributed by atoms with van der Waals surface area (Å²) in [7, 11) is 4.01. The van der Waals surface area contributed by atoms with Gasteiger partial charge in [-0.3, -0.25) is 0 Å². The van der Waals surface area contributed by atoms with Crippen LogP contribution < -0.4 is 15.4 Å². The van der Waals surface area contributed by atoms with Gasteiger partial charge >= 0.3 is 0 Å². The molecule has 16 heavy (non-hydrogen) atoms. The lowest BCUT2D eigenvalue weighted by Crippen LogP contribution is -2.15. The zero-order valence-corrected chi connectivity index (χ0v) is 10.7. The summed E-state index contributed by atoms with van der Waals surface area (Å²) in [6.45, 7) is 4.25. The second kappa shape index (κ2) is 5.64. The van der Waals surface area contributed by atoms with Crippen LogP contribution >= 0.6 is 0 Å². The van der Waals surface area contributed by atoms with E-state index in [4.69, 9.17) is 10.5 Å². The van der Waals surface area contributed by atoms with Gasteiger partial charge in [-0.05, 0) is 25.0 Å². The minimum absolute atomic E-state index is 0.250. The Balaban J connectivity index is 2.89. The number of rotatable bonds is 5. The fraction of sp³-hybridized carbons (Fsp3) is 0.538. The van der Waals surface area contributed by atoms with E-state index in [1.165, 1.54) is 0 Å². The minimum atomic E-state index is 0.250. The van der Waals surface area contributed by atoms with Crippen LogP contribution in [-0.2, 0) is 0 Å². The maximum absolute atomic E-state index is 5.90. The molecule has 3 nitrogen and oxygen atoms in total. The van der Waals surface area contributed by atoms with Crippen LogP contribution in [0.1, 0.15) is 26.7 Å². The first-order chi connectivity index (χ1) is 7.58. The molecule has 0 radical (unpaired) electrons. The number of hydrogen-bond donors (Lipinski definition) is 1. The molecule has 90 valence electrons. The molecule has 0 aromatic heterocycles. The van der Waals surface area contributed by atoms with E-state index < -0.39 is 0 Å². The number of hydrogen-bond acceptors (Lipinski definition) is 3. The predicted octanol–water partition coefficient (Wildman–Crippen LogP) is 2.90. The predicted molar refractivity (Wildman–Crippen MR) is 70.2 cm³/mol. The Morgan fingerprint density at radius 2 is 1.88 bits per heavy atom. The quantitative estimate of drug-likeness (QED) is 0.778. The van der Waals surface area contributed by atoms with Crippen LogP contribution in [0.4, 0.5) is 11.4 Å². The molecule has 0 aliphatic rings. The lowest BCUT2D eigenvalue weighted by atomic mass is 10.2. The molecule has 0 aliphatic carbocycles. The van der Waals surface area contributed by atoms with Gasteiger partial charge in [0.05, 0.1) is 11.8 Å². The Morgan fingerprint density at radius 1 is 1.25 bits per heavy atom. The van der Waals surface area contributed by atoms with Crippen LogP contribution in [0.5, 0.6) is 5.75 Å². The Bertz CT molecular complexity index is 333. The lowest BCUT2D eigenvalue weighted by molar-refractivity contribution is 0.194. The van der Waals surface area contributed by atoms with E-state index in [-0.39, 0.29) is 6.10 Å². The molecule has 0 unspecified atom stereocenters. The van der Waals surface area contributed by atoms with Gasteiger partial charge in [0.25, 0.3) is 0 Å². The standard InChI is InChI=1S/C13H22N2O/c1-5-11(6-2)16-13-9-10(15(3)4)7-8-12(13)14/h7-9,11H,5-6,14H2,1-4H3. The van der Waals surface area contributed by atoms with E-state index in [1.807, 2.05) is 37.2 Å². The lowest BCUT2D eigenvalue weighted by Gasteiger charge is -2.19. The van der Waals surface area contributed by atoms with E-state index >= 15 is 0 Å². The summed E-state index contributed by atoms with van der Waals surface area (Å²) >= 11 is 0. The van der Waals surface area contributed by atoms with Crippen molar-refractivity contribution in [1.29, 1.82) is 0 Å². The van der Waals surface area contributed by atoms with Crippen molar-refractivity contribution in [3.05, 3.63) is 18.2 Å². The van der Waals surface area contributed by atoms with Gasteiger partial charge < -0.3 is 15.4 Å². The van der Waals surface area contributed by atoms with Crippen molar-refractivity contribution in [3.8, 4) is 5.75 Å². The zero-order valence-electron chi connectivity index (χ0n) is 10.7. The maximum atomic E-state index is 5.90. The van der Waals surface area contributed by atoms with Crippen LogP contribution in [0.25, 0.3) is 0 Å². The van der Waals surface area contributed by atoms with Gasteiger partial charge in [0.2, 0.25) is 0 Å². The summed E-state index contributed by atoms with van der Waals surface area (Å²) in [5, 5.41) is 0. The van der Waals surface area contributed by atoms with Crippen LogP contribution in [-0.4, -0.2) is 20.2 Å². The third-order valence-electron chi connectivity index (χ3n) is 2.72. The third kappa shape index (κ3) is 3.05. The summed E-state index contributed by atoms with van der Waals surface area (Å²) in [4.78, 5) is 2.04. The molecule has 0 spiro atoms. The zero-order chi connectivity index (χ0) is 12.1. The average molecular weight is 222 g/mol. The molecule has 0 saturated heterocycles. The van der Waals surface area contributed by atoms with E-state index in [1.54, 1.807) is 0 Å². The summed E-state index contributed by atoms with van der Waals surface area (Å²) in [6.07, 6.45) is 2.25. The number of nitrogens with two attached hydrogens (primary N) is 1. The van der Waals surface area contributed by atoms with Gasteiger partial charge in [-0.2, -0.15) is 0 Å². The molecule has 0 atom stereocenters. The van der Waals surface area contributed by atoms with E-state index in [9.17, 15) is 0 Å². The van der Waals surface area contributed by atoms with Gasteiger partial charge in [0.15, 0.2) is 0 Å². The minimum Gasteiger partial charge on any atom is -0.488 e. The third-order valence-corrected chi connectivity index (χ3v) is 2.72. The topological polar surface area (TPSA) is 38.5 Å². The van der Waals surface area contributed by atoms with Crippen LogP contribution in [0.2, 0.25) is 0 Å². The second-order valence-electron chi connectivity index (χ2n) is 4.17. The Kier molecular flexibility index (Phi) is 4.47. The number of anilines is 2. The number of benzene rings is 1. The first-order valence-corrected chi connectivity index (χ1v) is 5.82. The second-order valence-corrected chi connectivity index (χ2v) is 4.17. The highest BCUT2D eigenvalue weighted by atomic mass is 16.5. The molecule has 1 rings (SSSR count). The highest BCUT2D eigenvalue weighted by Crippen LogP contribution is 2.28. The Hall–Kier alpha value is -1.38. The molecule has 0 heterocycles. The van der Waals surface area contributed by atoms with Crippen molar-refractivity contribution in [2.24, 2.45) is 0 Å². The van der Waals surface area contributed by atoms with E-state index in [0.29, 0.717) is 5.69 Å². The molecule has 0 amide bonds. The SMILES string of the molecule is CCC(CC)Oc1cc(N(C)C)ccc1N. The van der Waals surface area contributed by atoms with E-state index in [2.05, 4.69) is 13.8 Å². The van der Waals surface area contributed by atoms with Crippen LogP contribution in [0, 0.1) is 0 Å². The summed E-state index contributed by atoms with van der Waals surface area (Å²) in [6, 6.07) is 5.88. The molecule has 1 aromatic carbocycles. The molecular weight excluding hydrogens is 200 g/mol. The number of ether oxygens (including phenoxy) is 1. The maximum Gasteiger partial charge on any atom is 0.144 e. The first kappa shape index (κ1) is 12.7. The van der Waals surface area contributed by atoms with Gasteiger partial charge in [-0.1, -0.05) is 13.8 Å². The molecular formula is C13H22N2O. The molecule has 3 heteroatoms. The fourth-order valence-electron chi connectivity index (χ4n) is 1.54. The van der Waals surface area contributed by atoms with Crippen molar-refractivity contribution in [2.45, 2.75) is 32.8 Å². The van der Waals surface area contributed by atoms with Gasteiger partial charge in [-0.25, -0.2) is 0 Å². The molecule has 0 saturated carbocycles. The number of nitrogens with zero attached hydrogens (tertiary/aromatic N) is 1. The molecule has 1 aromatic rings. The Morgan fingerprint density at radius 3 is 2.38 bits per heavy atom. The normalized spacial score (nSPS) is 10.6. The van der Waals surface area contributed by atoms with Gasteiger partial charge in [0, 0.05) is 25.8 Å². The molecule has 2 N–H and O–H groups in total. The van der Waals surface area contributed by atoms with Gasteiger partial charge in [0.1, 0.15) is 5.75 Å². The van der Waals surface area contributed by atoms with Gasteiger partial charge in [-0.15, -0.1) is 0 Å². The molecule has 0 bridgehead atoms. The van der Waals surface area contributed by atoms with Crippen molar-refractivity contribution < 1.29 is 4.74 Å². The molecule has 0 aliphatic heterocycles. The summed E-state index contributed by atoms with van der Waals surface area (Å²) < 4.78 is 5.88. The van der Waals surface area contributed by atoms with Crippen LogP contribution in [0.3, 0.4) is 0 Å².